The average molecular weight is 368 g/mol. The molecule has 0 bridgehead atoms. The zero-order chi connectivity index (χ0) is 18.4. The number of hydrogen-bond donors (Lipinski definition) is 0. The number of hydrogen-bond acceptors (Lipinski definition) is 3. The largest absolute Gasteiger partial charge is 0.273 e. The molecule has 27 heavy (non-hydrogen) atoms. The highest BCUT2D eigenvalue weighted by molar-refractivity contribution is 6.06. The van der Waals surface area contributed by atoms with Crippen molar-refractivity contribution in [2.45, 2.75) is 69.4 Å². The molecule has 1 aromatic carbocycles. The molecule has 0 N–H and O–H groups in total. The monoisotopic (exact) mass is 368 g/mol. The van der Waals surface area contributed by atoms with Crippen LogP contribution in [-0.2, 0) is 5.54 Å². The fraction of sp³-hybridized carbons (Fsp3) is 0.571. The maximum Gasteiger partial charge on any atom is 0.263 e. The minimum absolute atomic E-state index is 0.0266. The summed E-state index contributed by atoms with van der Waals surface area (Å²) in [7, 11) is 0. The van der Waals surface area contributed by atoms with Gasteiger partial charge in [0.05, 0.1) is 11.1 Å². The van der Waals surface area contributed by atoms with Gasteiger partial charge in [-0.25, -0.2) is 9.07 Å². The Morgan fingerprint density at radius 3 is 2.67 bits per heavy atom. The Bertz CT molecular complexity index is 857. The lowest BCUT2D eigenvalue weighted by atomic mass is 9.64. The van der Waals surface area contributed by atoms with Crippen LogP contribution in [0.1, 0.15) is 68.1 Å². The standard InChI is InChI=1S/C21H25FN4O/c22-17-10-4-2-8-15(17)19(27)25-18-11-5-3-9-16(18)21(12-6-1-7-13-21)26-20(25)23-14-24-26/h2,4,8,10,14,16,18H,1,3,5-7,9,11-13H2/t16-,18+/m1/s1. The van der Waals surface area contributed by atoms with E-state index in [1.165, 1.54) is 31.7 Å². The number of carbonyl (C=O) groups is 1. The maximum atomic E-state index is 14.4. The maximum absolute atomic E-state index is 14.4. The molecule has 0 saturated heterocycles. The zero-order valence-electron chi connectivity index (χ0n) is 15.5. The molecular formula is C21H25FN4O. The van der Waals surface area contributed by atoms with Crippen LogP contribution in [0.2, 0.25) is 0 Å². The fourth-order valence-corrected chi connectivity index (χ4v) is 5.82. The summed E-state index contributed by atoms with van der Waals surface area (Å²) in [6.45, 7) is 0. The molecule has 6 heteroatoms. The summed E-state index contributed by atoms with van der Waals surface area (Å²) in [5.41, 5.74) is 0.0947. The zero-order valence-corrected chi connectivity index (χ0v) is 15.5. The second kappa shape index (κ2) is 6.43. The normalized spacial score (nSPS) is 26.5. The quantitative estimate of drug-likeness (QED) is 0.754. The van der Waals surface area contributed by atoms with Crippen molar-refractivity contribution in [3.63, 3.8) is 0 Å². The number of aromatic nitrogens is 3. The molecule has 2 atom stereocenters. The summed E-state index contributed by atoms with van der Waals surface area (Å²) in [6, 6.07) is 6.34. The number of fused-ring (bicyclic) bond motifs is 4. The topological polar surface area (TPSA) is 51.0 Å². The van der Waals surface area contributed by atoms with Crippen molar-refractivity contribution >= 4 is 11.9 Å². The summed E-state index contributed by atoms with van der Waals surface area (Å²) in [5.74, 6) is 0.216. The second-order valence-electron chi connectivity index (χ2n) is 8.25. The lowest BCUT2D eigenvalue weighted by molar-refractivity contribution is 0.0312. The van der Waals surface area contributed by atoms with Crippen LogP contribution < -0.4 is 4.90 Å². The van der Waals surface area contributed by atoms with Crippen molar-refractivity contribution in [3.05, 3.63) is 42.0 Å². The minimum atomic E-state index is -0.473. The molecule has 2 aromatic rings. The van der Waals surface area contributed by atoms with Crippen LogP contribution >= 0.6 is 0 Å². The molecule has 3 aliphatic rings. The molecule has 2 aliphatic carbocycles. The number of nitrogens with zero attached hydrogens (tertiary/aromatic N) is 4. The van der Waals surface area contributed by atoms with E-state index < -0.39 is 5.82 Å². The Morgan fingerprint density at radius 2 is 1.85 bits per heavy atom. The summed E-state index contributed by atoms with van der Waals surface area (Å²) in [4.78, 5) is 19.7. The fourth-order valence-electron chi connectivity index (χ4n) is 5.82. The lowest BCUT2D eigenvalue weighted by Gasteiger charge is -2.55. The van der Waals surface area contributed by atoms with Gasteiger partial charge in [-0.15, -0.1) is 0 Å². The molecule has 142 valence electrons. The molecule has 1 amide bonds. The molecule has 5 rings (SSSR count). The molecule has 1 aromatic heterocycles. The van der Waals surface area contributed by atoms with Crippen molar-refractivity contribution in [2.24, 2.45) is 5.92 Å². The van der Waals surface area contributed by atoms with E-state index >= 15 is 0 Å². The van der Waals surface area contributed by atoms with E-state index in [1.54, 1.807) is 29.4 Å². The SMILES string of the molecule is O=C(c1ccccc1F)N1c2ncnn2C2(CCCCC2)[C@@H]2CCCC[C@@H]21. The van der Waals surface area contributed by atoms with Gasteiger partial charge in [-0.3, -0.25) is 9.69 Å². The first-order valence-electron chi connectivity index (χ1n) is 10.2. The molecule has 1 spiro atoms. The summed E-state index contributed by atoms with van der Waals surface area (Å²) in [5, 5.41) is 4.59. The highest BCUT2D eigenvalue weighted by atomic mass is 19.1. The molecular weight excluding hydrogens is 343 g/mol. The van der Waals surface area contributed by atoms with Crippen molar-refractivity contribution in [2.75, 3.05) is 4.90 Å². The van der Waals surface area contributed by atoms with Gasteiger partial charge in [0.2, 0.25) is 5.95 Å². The van der Waals surface area contributed by atoms with Crippen molar-refractivity contribution < 1.29 is 9.18 Å². The van der Waals surface area contributed by atoms with Gasteiger partial charge in [-0.1, -0.05) is 44.2 Å². The van der Waals surface area contributed by atoms with E-state index in [-0.39, 0.29) is 23.1 Å². The second-order valence-corrected chi connectivity index (χ2v) is 8.25. The van der Waals surface area contributed by atoms with E-state index in [0.29, 0.717) is 11.9 Å². The van der Waals surface area contributed by atoms with Crippen LogP contribution in [0.15, 0.2) is 30.6 Å². The Balaban J connectivity index is 1.64. The van der Waals surface area contributed by atoms with Crippen LogP contribution in [0.4, 0.5) is 10.3 Å². The van der Waals surface area contributed by atoms with Crippen LogP contribution in [-0.4, -0.2) is 26.7 Å². The molecule has 0 unspecified atom stereocenters. The number of rotatable bonds is 1. The van der Waals surface area contributed by atoms with Gasteiger partial charge in [0, 0.05) is 12.0 Å². The van der Waals surface area contributed by atoms with Crippen molar-refractivity contribution in [1.82, 2.24) is 14.8 Å². The van der Waals surface area contributed by atoms with Crippen LogP contribution in [0.5, 0.6) is 0 Å². The first-order valence-corrected chi connectivity index (χ1v) is 10.2. The lowest BCUT2D eigenvalue weighted by Crippen LogP contribution is -2.61. The third-order valence-electron chi connectivity index (χ3n) is 6.96. The van der Waals surface area contributed by atoms with Gasteiger partial charge in [0.15, 0.2) is 0 Å². The van der Waals surface area contributed by atoms with Gasteiger partial charge in [-0.05, 0) is 37.8 Å². The third kappa shape index (κ3) is 2.45. The first kappa shape index (κ1) is 16.9. The molecule has 2 saturated carbocycles. The highest BCUT2D eigenvalue weighted by Gasteiger charge is 2.54. The van der Waals surface area contributed by atoms with Crippen LogP contribution in [0.3, 0.4) is 0 Å². The van der Waals surface area contributed by atoms with Crippen molar-refractivity contribution in [3.8, 4) is 0 Å². The number of anilines is 1. The summed E-state index contributed by atoms with van der Waals surface area (Å²) in [6.07, 6.45) is 11.8. The number of carbonyl (C=O) groups excluding carboxylic acids is 1. The van der Waals surface area contributed by atoms with Crippen molar-refractivity contribution in [1.29, 1.82) is 0 Å². The molecule has 1 aliphatic heterocycles. The van der Waals surface area contributed by atoms with Crippen LogP contribution in [0, 0.1) is 11.7 Å². The number of halogens is 1. The first-order chi connectivity index (χ1) is 13.2. The molecule has 2 fully saturated rings. The molecule has 2 heterocycles. The van der Waals surface area contributed by atoms with E-state index in [4.69, 9.17) is 0 Å². The van der Waals surface area contributed by atoms with E-state index in [9.17, 15) is 9.18 Å². The van der Waals surface area contributed by atoms with E-state index in [1.807, 2.05) is 4.68 Å². The summed E-state index contributed by atoms with van der Waals surface area (Å²) >= 11 is 0. The highest BCUT2D eigenvalue weighted by Crippen LogP contribution is 2.52. The Kier molecular flexibility index (Phi) is 4.02. The molecule has 0 radical (unpaired) electrons. The number of benzene rings is 1. The number of amides is 1. The van der Waals surface area contributed by atoms with Gasteiger partial charge in [-0.2, -0.15) is 10.1 Å². The minimum Gasteiger partial charge on any atom is -0.273 e. The smallest absolute Gasteiger partial charge is 0.263 e. The van der Waals surface area contributed by atoms with Gasteiger partial charge < -0.3 is 0 Å². The van der Waals surface area contributed by atoms with Crippen LogP contribution in [0.25, 0.3) is 0 Å². The van der Waals surface area contributed by atoms with Gasteiger partial charge in [0.25, 0.3) is 5.91 Å². The van der Waals surface area contributed by atoms with Gasteiger partial charge in [0.1, 0.15) is 12.1 Å². The van der Waals surface area contributed by atoms with Gasteiger partial charge >= 0.3 is 0 Å². The Hall–Kier alpha value is -2.24. The van der Waals surface area contributed by atoms with E-state index in [2.05, 4.69) is 10.1 Å². The Morgan fingerprint density at radius 1 is 1.07 bits per heavy atom. The van der Waals surface area contributed by atoms with E-state index in [0.717, 1.165) is 32.1 Å². The predicted molar refractivity (Wildman–Crippen MR) is 100 cm³/mol. The average Bonchev–Trinajstić information content (AvgIpc) is 3.20. The summed E-state index contributed by atoms with van der Waals surface area (Å²) < 4.78 is 16.4. The Labute approximate surface area is 158 Å². The molecule has 5 nitrogen and oxygen atoms in total. The third-order valence-corrected chi connectivity index (χ3v) is 6.96. The predicted octanol–water partition coefficient (Wildman–Crippen LogP) is 4.30.